The second-order valence-corrected chi connectivity index (χ2v) is 6.86. The summed E-state index contributed by atoms with van der Waals surface area (Å²) in [6.45, 7) is 2.01. The van der Waals surface area contributed by atoms with E-state index in [1.807, 2.05) is 31.2 Å². The van der Waals surface area contributed by atoms with Gasteiger partial charge >= 0.3 is 0 Å². The molecule has 2 N–H and O–H groups in total. The highest BCUT2D eigenvalue weighted by atomic mass is 32.2. The Balaban J connectivity index is 2.18. The topological polar surface area (TPSA) is 95.7 Å². The van der Waals surface area contributed by atoms with Crippen molar-refractivity contribution in [3.05, 3.63) is 65.2 Å². The van der Waals surface area contributed by atoms with Gasteiger partial charge in [-0.1, -0.05) is 41.6 Å². The van der Waals surface area contributed by atoms with Gasteiger partial charge in [0, 0.05) is 10.5 Å². The average Bonchev–Trinajstić information content (AvgIpc) is 2.69. The van der Waals surface area contributed by atoms with Gasteiger partial charge in [0.05, 0.1) is 12.7 Å². The number of rotatable bonds is 4. The van der Waals surface area contributed by atoms with E-state index in [0.717, 1.165) is 10.5 Å². The highest BCUT2D eigenvalue weighted by Crippen LogP contribution is 2.38. The van der Waals surface area contributed by atoms with Crippen LogP contribution in [0.3, 0.4) is 0 Å². The second-order valence-electron chi connectivity index (χ2n) is 5.79. The number of nitrogens with two attached hydrogens (primary N) is 1. The molecule has 2 aromatic carbocycles. The van der Waals surface area contributed by atoms with E-state index in [4.69, 9.17) is 10.5 Å². The van der Waals surface area contributed by atoms with Crippen LogP contribution >= 0.6 is 11.8 Å². The predicted octanol–water partition coefficient (Wildman–Crippen LogP) is 4.54. The van der Waals surface area contributed by atoms with Gasteiger partial charge in [0.2, 0.25) is 0 Å². The van der Waals surface area contributed by atoms with Crippen molar-refractivity contribution in [1.29, 1.82) is 10.5 Å². The van der Waals surface area contributed by atoms with Crippen LogP contribution in [0.1, 0.15) is 16.7 Å². The molecule has 0 aliphatic carbocycles. The first-order valence-corrected chi connectivity index (χ1v) is 8.91. The summed E-state index contributed by atoms with van der Waals surface area (Å²) >= 11 is 1.35. The summed E-state index contributed by atoms with van der Waals surface area (Å²) in [6.07, 6.45) is 0. The van der Waals surface area contributed by atoms with Crippen molar-refractivity contribution >= 4 is 17.6 Å². The summed E-state index contributed by atoms with van der Waals surface area (Å²) < 4.78 is 5.18. The number of aromatic nitrogens is 1. The van der Waals surface area contributed by atoms with Crippen molar-refractivity contribution < 1.29 is 4.74 Å². The summed E-state index contributed by atoms with van der Waals surface area (Å²) in [5.74, 6) is 0.795. The van der Waals surface area contributed by atoms with Gasteiger partial charge in [0.1, 0.15) is 34.3 Å². The molecule has 5 nitrogen and oxygen atoms in total. The summed E-state index contributed by atoms with van der Waals surface area (Å²) in [7, 11) is 1.58. The Bertz CT molecular complexity index is 1060. The average molecular weight is 372 g/mol. The molecule has 0 aliphatic rings. The van der Waals surface area contributed by atoms with Crippen molar-refractivity contribution in [2.75, 3.05) is 12.8 Å². The fraction of sp³-hybridized carbons (Fsp3) is 0.0952. The molecule has 1 heterocycles. The number of benzene rings is 2. The van der Waals surface area contributed by atoms with Crippen LogP contribution in [0.25, 0.3) is 11.1 Å². The largest absolute Gasteiger partial charge is 0.497 e. The normalized spacial score (nSPS) is 10.1. The summed E-state index contributed by atoms with van der Waals surface area (Å²) in [5.41, 5.74) is 8.92. The van der Waals surface area contributed by atoms with E-state index < -0.39 is 0 Å². The first kappa shape index (κ1) is 18.3. The molecule has 1 aromatic heterocycles. The van der Waals surface area contributed by atoms with E-state index >= 15 is 0 Å². The van der Waals surface area contributed by atoms with Crippen molar-refractivity contribution in [2.24, 2.45) is 0 Å². The lowest BCUT2D eigenvalue weighted by atomic mass is 9.97. The van der Waals surface area contributed by atoms with E-state index in [9.17, 15) is 10.5 Å². The van der Waals surface area contributed by atoms with Crippen molar-refractivity contribution in [3.8, 4) is 29.0 Å². The number of hydrogen-bond donors (Lipinski definition) is 1. The zero-order chi connectivity index (χ0) is 19.4. The molecule has 0 bridgehead atoms. The summed E-state index contributed by atoms with van der Waals surface area (Å²) in [6, 6.07) is 19.4. The first-order chi connectivity index (χ1) is 13.1. The SMILES string of the molecule is COc1ccc(-c2c(C#N)c(N)nc(Sc3ccc(C)cc3)c2C#N)cc1. The minimum absolute atomic E-state index is 0.108. The van der Waals surface area contributed by atoms with Crippen LogP contribution < -0.4 is 10.5 Å². The third-order valence-corrected chi connectivity index (χ3v) is 5.03. The predicted molar refractivity (Wildman–Crippen MR) is 105 cm³/mol. The van der Waals surface area contributed by atoms with E-state index in [-0.39, 0.29) is 11.4 Å². The van der Waals surface area contributed by atoms with Crippen molar-refractivity contribution in [1.82, 2.24) is 4.98 Å². The minimum Gasteiger partial charge on any atom is -0.497 e. The molecule has 0 unspecified atom stereocenters. The van der Waals surface area contributed by atoms with Crippen LogP contribution in [0.2, 0.25) is 0 Å². The molecule has 0 saturated heterocycles. The zero-order valence-electron chi connectivity index (χ0n) is 14.9. The van der Waals surface area contributed by atoms with Crippen LogP contribution in [0.5, 0.6) is 5.75 Å². The van der Waals surface area contributed by atoms with Gasteiger partial charge < -0.3 is 10.5 Å². The Morgan fingerprint density at radius 3 is 2.15 bits per heavy atom. The quantitative estimate of drug-likeness (QED) is 0.722. The van der Waals surface area contributed by atoms with Crippen LogP contribution in [-0.2, 0) is 0 Å². The number of hydrogen-bond acceptors (Lipinski definition) is 6. The number of methoxy groups -OCH3 is 1. The summed E-state index contributed by atoms with van der Waals surface area (Å²) in [5, 5.41) is 19.9. The van der Waals surface area contributed by atoms with Gasteiger partial charge in [-0.25, -0.2) is 4.98 Å². The maximum absolute atomic E-state index is 9.82. The van der Waals surface area contributed by atoms with Gasteiger partial charge in [-0.05, 0) is 36.8 Å². The molecule has 132 valence electrons. The van der Waals surface area contributed by atoms with Crippen LogP contribution in [0.4, 0.5) is 5.82 Å². The Labute approximate surface area is 162 Å². The molecule has 0 spiro atoms. The highest BCUT2D eigenvalue weighted by Gasteiger charge is 2.21. The molecular weight excluding hydrogens is 356 g/mol. The number of pyridine rings is 1. The van der Waals surface area contributed by atoms with E-state index in [0.29, 0.717) is 27.5 Å². The smallest absolute Gasteiger partial charge is 0.143 e. The highest BCUT2D eigenvalue weighted by molar-refractivity contribution is 7.99. The van der Waals surface area contributed by atoms with Gasteiger partial charge in [0.15, 0.2) is 0 Å². The van der Waals surface area contributed by atoms with E-state index in [2.05, 4.69) is 17.1 Å². The Morgan fingerprint density at radius 1 is 0.963 bits per heavy atom. The monoisotopic (exact) mass is 372 g/mol. The lowest BCUT2D eigenvalue weighted by Crippen LogP contribution is -2.03. The first-order valence-electron chi connectivity index (χ1n) is 8.10. The minimum atomic E-state index is 0.108. The number of ether oxygens (including phenoxy) is 1. The fourth-order valence-corrected chi connectivity index (χ4v) is 3.53. The molecule has 3 aromatic rings. The maximum Gasteiger partial charge on any atom is 0.143 e. The second kappa shape index (κ2) is 7.82. The van der Waals surface area contributed by atoms with E-state index in [1.54, 1.807) is 31.4 Å². The molecule has 0 atom stereocenters. The lowest BCUT2D eigenvalue weighted by molar-refractivity contribution is 0.415. The van der Waals surface area contributed by atoms with Crippen LogP contribution in [0.15, 0.2) is 58.5 Å². The number of nitriles is 2. The fourth-order valence-electron chi connectivity index (χ4n) is 2.64. The molecule has 0 saturated carbocycles. The number of nitrogens with zero attached hydrogens (tertiary/aromatic N) is 3. The molecule has 3 rings (SSSR count). The van der Waals surface area contributed by atoms with Gasteiger partial charge in [-0.15, -0.1) is 0 Å². The summed E-state index contributed by atoms with van der Waals surface area (Å²) in [4.78, 5) is 5.26. The van der Waals surface area contributed by atoms with E-state index in [1.165, 1.54) is 11.8 Å². The molecule has 0 radical (unpaired) electrons. The third-order valence-electron chi connectivity index (χ3n) is 4.03. The van der Waals surface area contributed by atoms with Gasteiger partial charge in [0.25, 0.3) is 0 Å². The molecular formula is C21H16N4OS. The van der Waals surface area contributed by atoms with Gasteiger partial charge in [-0.2, -0.15) is 10.5 Å². The Kier molecular flexibility index (Phi) is 5.30. The third kappa shape index (κ3) is 3.72. The molecule has 6 heteroatoms. The number of anilines is 1. The zero-order valence-corrected chi connectivity index (χ0v) is 15.7. The molecule has 0 aliphatic heterocycles. The molecule has 27 heavy (non-hydrogen) atoms. The Hall–Kier alpha value is -3.48. The number of nitrogen functional groups attached to an aromatic ring is 1. The van der Waals surface area contributed by atoms with Crippen molar-refractivity contribution in [2.45, 2.75) is 16.8 Å². The van der Waals surface area contributed by atoms with Crippen LogP contribution in [0, 0.1) is 29.6 Å². The van der Waals surface area contributed by atoms with Crippen molar-refractivity contribution in [3.63, 3.8) is 0 Å². The van der Waals surface area contributed by atoms with Gasteiger partial charge in [-0.3, -0.25) is 0 Å². The molecule has 0 amide bonds. The lowest BCUT2D eigenvalue weighted by Gasteiger charge is -2.13. The Morgan fingerprint density at radius 2 is 1.59 bits per heavy atom. The van der Waals surface area contributed by atoms with Crippen LogP contribution in [-0.4, -0.2) is 12.1 Å². The maximum atomic E-state index is 9.82. The standard InChI is InChI=1S/C21H16N4OS/c1-13-3-9-16(10-4-13)27-21-18(12-23)19(17(11-22)20(24)25-21)14-5-7-15(26-2)8-6-14/h3-10H,1-2H3,(H2,24,25). The molecule has 0 fully saturated rings. The number of aryl methyl sites for hydroxylation is 1.